The zero-order valence-corrected chi connectivity index (χ0v) is 16.0. The number of hydrogen-bond acceptors (Lipinski definition) is 4. The summed E-state index contributed by atoms with van der Waals surface area (Å²) in [7, 11) is 1.66. The van der Waals surface area contributed by atoms with Gasteiger partial charge in [0, 0.05) is 12.2 Å². The molecule has 26 heavy (non-hydrogen) atoms. The molecule has 0 aromatic heterocycles. The van der Waals surface area contributed by atoms with Gasteiger partial charge in [0.1, 0.15) is 23.9 Å². The van der Waals surface area contributed by atoms with Gasteiger partial charge in [0.2, 0.25) is 0 Å². The molecular formula is C22H31NO3. The minimum Gasteiger partial charge on any atom is -0.497 e. The minimum atomic E-state index is 0.600. The molecule has 2 rings (SSSR count). The summed E-state index contributed by atoms with van der Waals surface area (Å²) in [4.78, 5) is 0. The SMILES string of the molecule is CCCCCCCOc1ccc(NCCOc2ccc(OC)cc2)cc1. The zero-order valence-electron chi connectivity index (χ0n) is 16.0. The Labute approximate surface area is 157 Å². The van der Waals surface area contributed by atoms with Gasteiger partial charge in [-0.1, -0.05) is 32.6 Å². The number of benzene rings is 2. The van der Waals surface area contributed by atoms with Crippen LogP contribution in [-0.2, 0) is 0 Å². The highest BCUT2D eigenvalue weighted by Gasteiger charge is 1.98. The minimum absolute atomic E-state index is 0.600. The molecule has 4 heteroatoms. The van der Waals surface area contributed by atoms with Crippen LogP contribution in [0.25, 0.3) is 0 Å². The monoisotopic (exact) mass is 357 g/mol. The van der Waals surface area contributed by atoms with Gasteiger partial charge >= 0.3 is 0 Å². The first kappa shape index (κ1) is 20.0. The third kappa shape index (κ3) is 7.68. The summed E-state index contributed by atoms with van der Waals surface area (Å²) in [6, 6.07) is 15.7. The van der Waals surface area contributed by atoms with Crippen LogP contribution in [0, 0.1) is 0 Å². The fraction of sp³-hybridized carbons (Fsp3) is 0.455. The highest BCUT2D eigenvalue weighted by atomic mass is 16.5. The van der Waals surface area contributed by atoms with E-state index in [-0.39, 0.29) is 0 Å². The van der Waals surface area contributed by atoms with Crippen LogP contribution in [0.4, 0.5) is 5.69 Å². The molecule has 2 aromatic rings. The van der Waals surface area contributed by atoms with Crippen molar-refractivity contribution in [2.45, 2.75) is 39.0 Å². The average molecular weight is 357 g/mol. The van der Waals surface area contributed by atoms with Gasteiger partial charge in [-0.15, -0.1) is 0 Å². The molecule has 0 aliphatic rings. The lowest BCUT2D eigenvalue weighted by molar-refractivity contribution is 0.304. The second kappa shape index (κ2) is 12.1. The number of ether oxygens (including phenoxy) is 3. The third-order valence-electron chi connectivity index (χ3n) is 4.13. The smallest absolute Gasteiger partial charge is 0.119 e. The van der Waals surface area contributed by atoms with Crippen LogP contribution in [-0.4, -0.2) is 26.9 Å². The molecule has 0 heterocycles. The van der Waals surface area contributed by atoms with Gasteiger partial charge in [0.15, 0.2) is 0 Å². The predicted molar refractivity (Wildman–Crippen MR) is 108 cm³/mol. The van der Waals surface area contributed by atoms with E-state index < -0.39 is 0 Å². The maximum absolute atomic E-state index is 5.78. The molecular weight excluding hydrogens is 326 g/mol. The quantitative estimate of drug-likeness (QED) is 0.478. The Morgan fingerprint density at radius 3 is 1.92 bits per heavy atom. The Morgan fingerprint density at radius 2 is 1.27 bits per heavy atom. The van der Waals surface area contributed by atoms with Gasteiger partial charge < -0.3 is 19.5 Å². The molecule has 0 spiro atoms. The number of nitrogens with one attached hydrogen (secondary N) is 1. The number of methoxy groups -OCH3 is 1. The third-order valence-corrected chi connectivity index (χ3v) is 4.13. The Kier molecular flexibility index (Phi) is 9.26. The van der Waals surface area contributed by atoms with Crippen LogP contribution in [0.3, 0.4) is 0 Å². The lowest BCUT2D eigenvalue weighted by Crippen LogP contribution is -2.11. The van der Waals surface area contributed by atoms with Crippen LogP contribution >= 0.6 is 0 Å². The van der Waals surface area contributed by atoms with E-state index in [0.29, 0.717) is 6.61 Å². The Bertz CT molecular complexity index is 596. The molecule has 4 nitrogen and oxygen atoms in total. The molecule has 0 bridgehead atoms. The Hall–Kier alpha value is -2.36. The van der Waals surface area contributed by atoms with E-state index >= 15 is 0 Å². The highest BCUT2D eigenvalue weighted by molar-refractivity contribution is 5.46. The summed E-state index contributed by atoms with van der Waals surface area (Å²) in [5, 5.41) is 3.35. The largest absolute Gasteiger partial charge is 0.497 e. The van der Waals surface area contributed by atoms with Crippen molar-refractivity contribution in [1.29, 1.82) is 0 Å². The van der Waals surface area contributed by atoms with Gasteiger partial charge in [-0.2, -0.15) is 0 Å². The summed E-state index contributed by atoms with van der Waals surface area (Å²) >= 11 is 0. The number of anilines is 1. The maximum atomic E-state index is 5.78. The molecule has 0 amide bonds. The predicted octanol–water partition coefficient (Wildman–Crippen LogP) is 5.54. The Morgan fingerprint density at radius 1 is 0.692 bits per heavy atom. The van der Waals surface area contributed by atoms with Crippen molar-refractivity contribution in [1.82, 2.24) is 0 Å². The molecule has 0 saturated carbocycles. The molecule has 0 saturated heterocycles. The van der Waals surface area contributed by atoms with Gasteiger partial charge in [0.05, 0.1) is 13.7 Å². The van der Waals surface area contributed by atoms with Crippen LogP contribution in [0.1, 0.15) is 39.0 Å². The Balaban J connectivity index is 1.59. The van der Waals surface area contributed by atoms with E-state index in [0.717, 1.165) is 42.5 Å². The number of unbranched alkanes of at least 4 members (excludes halogenated alkanes) is 4. The van der Waals surface area contributed by atoms with E-state index in [9.17, 15) is 0 Å². The molecule has 0 atom stereocenters. The van der Waals surface area contributed by atoms with Crippen molar-refractivity contribution in [2.24, 2.45) is 0 Å². The van der Waals surface area contributed by atoms with Gasteiger partial charge in [-0.05, 0) is 55.0 Å². The highest BCUT2D eigenvalue weighted by Crippen LogP contribution is 2.18. The fourth-order valence-corrected chi connectivity index (χ4v) is 2.60. The van der Waals surface area contributed by atoms with Gasteiger partial charge in [-0.25, -0.2) is 0 Å². The average Bonchev–Trinajstić information content (AvgIpc) is 2.69. The summed E-state index contributed by atoms with van der Waals surface area (Å²) in [6.07, 6.45) is 6.29. The van der Waals surface area contributed by atoms with Crippen LogP contribution in [0.5, 0.6) is 17.2 Å². The summed E-state index contributed by atoms with van der Waals surface area (Å²) in [5.74, 6) is 2.61. The van der Waals surface area contributed by atoms with Crippen molar-refractivity contribution in [3.8, 4) is 17.2 Å². The number of hydrogen-bond donors (Lipinski definition) is 1. The molecule has 0 aliphatic heterocycles. The molecule has 2 aromatic carbocycles. The van der Waals surface area contributed by atoms with Crippen LogP contribution in [0.15, 0.2) is 48.5 Å². The van der Waals surface area contributed by atoms with E-state index in [1.807, 2.05) is 48.5 Å². The molecule has 0 radical (unpaired) electrons. The van der Waals surface area contributed by atoms with Crippen molar-refractivity contribution in [3.63, 3.8) is 0 Å². The first-order valence-electron chi connectivity index (χ1n) is 9.55. The van der Waals surface area contributed by atoms with Gasteiger partial charge in [0.25, 0.3) is 0 Å². The van der Waals surface area contributed by atoms with Crippen molar-refractivity contribution < 1.29 is 14.2 Å². The molecule has 142 valence electrons. The first-order chi connectivity index (χ1) is 12.8. The summed E-state index contributed by atoms with van der Waals surface area (Å²) in [6.45, 7) is 4.37. The lowest BCUT2D eigenvalue weighted by atomic mass is 10.2. The van der Waals surface area contributed by atoms with Crippen LogP contribution < -0.4 is 19.5 Å². The van der Waals surface area contributed by atoms with E-state index in [4.69, 9.17) is 14.2 Å². The van der Waals surface area contributed by atoms with Crippen molar-refractivity contribution in [3.05, 3.63) is 48.5 Å². The molecule has 0 aliphatic carbocycles. The molecule has 0 unspecified atom stereocenters. The van der Waals surface area contributed by atoms with Crippen molar-refractivity contribution in [2.75, 3.05) is 32.2 Å². The van der Waals surface area contributed by atoms with E-state index in [1.54, 1.807) is 7.11 Å². The normalized spacial score (nSPS) is 10.4. The zero-order chi connectivity index (χ0) is 18.5. The second-order valence-electron chi connectivity index (χ2n) is 6.24. The first-order valence-corrected chi connectivity index (χ1v) is 9.55. The van der Waals surface area contributed by atoms with Crippen molar-refractivity contribution >= 4 is 5.69 Å². The molecule has 0 fully saturated rings. The van der Waals surface area contributed by atoms with E-state index in [1.165, 1.54) is 25.7 Å². The summed E-state index contributed by atoms with van der Waals surface area (Å²) in [5.41, 5.74) is 1.07. The second-order valence-corrected chi connectivity index (χ2v) is 6.24. The standard InChI is InChI=1S/C22H31NO3/c1-3-4-5-6-7-17-25-21-10-8-19(9-11-21)23-16-18-26-22-14-12-20(24-2)13-15-22/h8-15,23H,3-7,16-18H2,1-2H3. The summed E-state index contributed by atoms with van der Waals surface area (Å²) < 4.78 is 16.6. The van der Waals surface area contributed by atoms with Crippen LogP contribution in [0.2, 0.25) is 0 Å². The van der Waals surface area contributed by atoms with Gasteiger partial charge in [-0.3, -0.25) is 0 Å². The number of rotatable bonds is 13. The lowest BCUT2D eigenvalue weighted by Gasteiger charge is -2.10. The molecule has 1 N–H and O–H groups in total. The maximum Gasteiger partial charge on any atom is 0.119 e. The topological polar surface area (TPSA) is 39.7 Å². The van der Waals surface area contributed by atoms with E-state index in [2.05, 4.69) is 12.2 Å². The fourth-order valence-electron chi connectivity index (χ4n) is 2.60.